The molecule has 0 aliphatic carbocycles. The van der Waals surface area contributed by atoms with Gasteiger partial charge in [0.2, 0.25) is 0 Å². The summed E-state index contributed by atoms with van der Waals surface area (Å²) in [7, 11) is 3.66. The first-order valence-electron chi connectivity index (χ1n) is 14.9. The zero-order chi connectivity index (χ0) is 39.6. The average Bonchev–Trinajstić information content (AvgIpc) is 3.09. The summed E-state index contributed by atoms with van der Waals surface area (Å²) in [5.41, 5.74) is 1.56. The van der Waals surface area contributed by atoms with E-state index in [0.29, 0.717) is 28.5 Å². The van der Waals surface area contributed by atoms with Gasteiger partial charge in [0.05, 0.1) is 24.0 Å². The molecule has 0 radical (unpaired) electrons. The number of hydrogen-bond acceptors (Lipinski definition) is 10. The Hall–Kier alpha value is -5.86. The maximum Gasteiger partial charge on any atom is 0.490 e. The number of ether oxygens (including phenoxy) is 1. The minimum atomic E-state index is -5.08. The van der Waals surface area contributed by atoms with Crippen molar-refractivity contribution >= 4 is 40.5 Å². The summed E-state index contributed by atoms with van der Waals surface area (Å²) in [5, 5.41) is 20.3. The molecule has 0 amide bonds. The molecule has 1 aliphatic heterocycles. The lowest BCUT2D eigenvalue weighted by atomic mass is 10.1. The van der Waals surface area contributed by atoms with E-state index in [1.165, 1.54) is 6.07 Å². The van der Waals surface area contributed by atoms with Crippen molar-refractivity contribution in [3.63, 3.8) is 0 Å². The molecule has 12 nitrogen and oxygen atoms in total. The molecule has 286 valence electrons. The van der Waals surface area contributed by atoms with Crippen molar-refractivity contribution in [1.82, 2.24) is 19.9 Å². The number of carbonyl (C=O) groups is 2. The van der Waals surface area contributed by atoms with Crippen LogP contribution in [0.5, 0.6) is 5.75 Å². The summed E-state index contributed by atoms with van der Waals surface area (Å²) in [6, 6.07) is 15.7. The lowest BCUT2D eigenvalue weighted by molar-refractivity contribution is -0.193. The molecule has 4 N–H and O–H groups in total. The molecular weight excluding hydrogens is 733 g/mol. The summed E-state index contributed by atoms with van der Waals surface area (Å²) in [6.07, 6.45) is -10.8. The van der Waals surface area contributed by atoms with Crippen molar-refractivity contribution in [3.8, 4) is 17.1 Å². The minimum Gasteiger partial charge on any atom is -0.494 e. The van der Waals surface area contributed by atoms with E-state index in [9.17, 15) is 39.5 Å². The predicted molar refractivity (Wildman–Crippen MR) is 173 cm³/mol. The predicted octanol–water partition coefficient (Wildman–Crippen LogP) is 7.07. The number of likely N-dealkylation sites (N-methyl/N-ethyl adjacent to an activating group) is 1. The molecule has 1 fully saturated rings. The van der Waals surface area contributed by atoms with E-state index >= 15 is 0 Å². The van der Waals surface area contributed by atoms with Gasteiger partial charge in [-0.05, 0) is 37.4 Å². The third-order valence-electron chi connectivity index (χ3n) is 7.01. The molecule has 0 bridgehead atoms. The number of alkyl halides is 9. The zero-order valence-corrected chi connectivity index (χ0v) is 27.5. The summed E-state index contributed by atoms with van der Waals surface area (Å²) < 4.78 is 111. The smallest absolute Gasteiger partial charge is 0.490 e. The fourth-order valence-corrected chi connectivity index (χ4v) is 4.41. The number of rotatable bonds is 7. The highest BCUT2D eigenvalue weighted by molar-refractivity contribution is 5.80. The van der Waals surface area contributed by atoms with Gasteiger partial charge in [-0.25, -0.2) is 24.5 Å². The van der Waals surface area contributed by atoms with Gasteiger partial charge in [0.1, 0.15) is 11.6 Å². The van der Waals surface area contributed by atoms with Crippen LogP contribution in [-0.2, 0) is 15.8 Å². The molecule has 2 aromatic carbocycles. The van der Waals surface area contributed by atoms with Crippen LogP contribution in [0.3, 0.4) is 0 Å². The maximum absolute atomic E-state index is 13.9. The first-order valence-corrected chi connectivity index (χ1v) is 14.9. The molecule has 3 heterocycles. The van der Waals surface area contributed by atoms with Crippen LogP contribution in [0.4, 0.5) is 68.1 Å². The third-order valence-corrected chi connectivity index (χ3v) is 7.01. The van der Waals surface area contributed by atoms with Gasteiger partial charge in [-0.1, -0.05) is 12.1 Å². The molecule has 2 aromatic heterocycles. The third kappa shape index (κ3) is 12.4. The number of hydrogen-bond donors (Lipinski definition) is 4. The van der Waals surface area contributed by atoms with Gasteiger partial charge in [-0.2, -0.15) is 39.5 Å². The fourth-order valence-electron chi connectivity index (χ4n) is 4.41. The van der Waals surface area contributed by atoms with Gasteiger partial charge in [0.15, 0.2) is 5.82 Å². The molecule has 53 heavy (non-hydrogen) atoms. The Morgan fingerprint density at radius 3 is 1.83 bits per heavy atom. The van der Waals surface area contributed by atoms with E-state index in [1.807, 2.05) is 18.2 Å². The van der Waals surface area contributed by atoms with Gasteiger partial charge >= 0.3 is 30.5 Å². The highest BCUT2D eigenvalue weighted by Gasteiger charge is 2.39. The van der Waals surface area contributed by atoms with Crippen molar-refractivity contribution in [2.24, 2.45) is 0 Å². The van der Waals surface area contributed by atoms with Crippen molar-refractivity contribution < 1.29 is 64.1 Å². The molecule has 5 rings (SSSR count). The van der Waals surface area contributed by atoms with Crippen LogP contribution in [0.25, 0.3) is 11.4 Å². The Labute approximate surface area is 294 Å². The number of halogens is 9. The minimum absolute atomic E-state index is 0.156. The standard InChI is InChI=1S/C28H28F3N7O.2C2HF3O2/c1-37-12-14-38(15-13-37)19-8-9-23(25(16-19)39-2)36-26-17-24(21(18-34-26)28(29,30)31)35-22-7-4-3-6-20(22)27-32-10-5-11-33-27;2*3-2(4,5)1(6)7/h3-11,16-18H,12-15H2,1-2H3,(H2,34,35,36);2*(H,6,7). The second kappa shape index (κ2) is 17.6. The van der Waals surface area contributed by atoms with E-state index in [2.05, 4.69) is 42.4 Å². The first kappa shape index (κ1) is 41.6. The Bertz CT molecular complexity index is 1810. The zero-order valence-electron chi connectivity index (χ0n) is 27.5. The van der Waals surface area contributed by atoms with E-state index in [-0.39, 0.29) is 11.5 Å². The second-order valence-electron chi connectivity index (χ2n) is 10.8. The van der Waals surface area contributed by atoms with Crippen LogP contribution in [0.1, 0.15) is 5.56 Å². The first-order chi connectivity index (χ1) is 24.7. The van der Waals surface area contributed by atoms with Gasteiger partial charge in [0, 0.05) is 73.8 Å². The lowest BCUT2D eigenvalue weighted by Gasteiger charge is -2.34. The van der Waals surface area contributed by atoms with Crippen molar-refractivity contribution in [3.05, 3.63) is 78.8 Å². The van der Waals surface area contributed by atoms with Crippen LogP contribution in [-0.4, -0.2) is 94.7 Å². The van der Waals surface area contributed by atoms with Crippen LogP contribution >= 0.6 is 0 Å². The van der Waals surface area contributed by atoms with E-state index in [0.717, 1.165) is 38.1 Å². The number of aliphatic carboxylic acids is 2. The quantitative estimate of drug-likeness (QED) is 0.143. The maximum atomic E-state index is 13.9. The van der Waals surface area contributed by atoms with Gasteiger partial charge in [-0.3, -0.25) is 0 Å². The van der Waals surface area contributed by atoms with Gasteiger partial charge < -0.3 is 35.4 Å². The van der Waals surface area contributed by atoms with Crippen molar-refractivity contribution in [2.75, 3.05) is 55.9 Å². The van der Waals surface area contributed by atoms with Crippen LogP contribution in [0.15, 0.2) is 73.2 Å². The normalized spacial score (nSPS) is 13.5. The molecular formula is C32H30F9N7O5. The molecule has 4 aromatic rings. The Morgan fingerprint density at radius 2 is 1.30 bits per heavy atom. The van der Waals surface area contributed by atoms with Gasteiger partial charge in [0.25, 0.3) is 0 Å². The number of anilines is 5. The number of carboxylic acids is 2. The molecule has 1 saturated heterocycles. The van der Waals surface area contributed by atoms with E-state index < -0.39 is 36.0 Å². The number of carboxylic acid groups (broad SMARTS) is 2. The summed E-state index contributed by atoms with van der Waals surface area (Å²) in [6.45, 7) is 3.73. The van der Waals surface area contributed by atoms with Gasteiger partial charge in [-0.15, -0.1) is 0 Å². The number of pyridine rings is 1. The summed E-state index contributed by atoms with van der Waals surface area (Å²) in [5.74, 6) is -4.33. The van der Waals surface area contributed by atoms with E-state index in [4.69, 9.17) is 24.5 Å². The van der Waals surface area contributed by atoms with E-state index in [1.54, 1.807) is 49.8 Å². The number of para-hydroxylation sites is 1. The number of aromatic nitrogens is 3. The molecule has 1 aliphatic rings. The molecule has 0 spiro atoms. The highest BCUT2D eigenvalue weighted by Crippen LogP contribution is 2.39. The van der Waals surface area contributed by atoms with Crippen LogP contribution in [0.2, 0.25) is 0 Å². The number of methoxy groups -OCH3 is 1. The lowest BCUT2D eigenvalue weighted by Crippen LogP contribution is -2.44. The summed E-state index contributed by atoms with van der Waals surface area (Å²) >= 11 is 0. The largest absolute Gasteiger partial charge is 0.494 e. The highest BCUT2D eigenvalue weighted by atomic mass is 19.4. The fraction of sp³-hybridized carbons (Fsp3) is 0.281. The summed E-state index contributed by atoms with van der Waals surface area (Å²) in [4.78, 5) is 34.9. The number of nitrogens with zero attached hydrogens (tertiary/aromatic N) is 5. The van der Waals surface area contributed by atoms with Crippen LogP contribution in [0, 0.1) is 0 Å². The number of piperazine rings is 1. The number of nitrogens with one attached hydrogen (secondary N) is 2. The Morgan fingerprint density at radius 1 is 0.736 bits per heavy atom. The number of benzene rings is 2. The molecule has 21 heteroatoms. The second-order valence-corrected chi connectivity index (χ2v) is 10.8. The average molecular weight is 764 g/mol. The van der Waals surface area contributed by atoms with Crippen molar-refractivity contribution in [2.45, 2.75) is 18.5 Å². The molecule has 0 atom stereocenters. The van der Waals surface area contributed by atoms with Crippen LogP contribution < -0.4 is 20.3 Å². The molecule has 0 saturated carbocycles. The Kier molecular flexibility index (Phi) is 13.8. The monoisotopic (exact) mass is 763 g/mol. The van der Waals surface area contributed by atoms with Crippen molar-refractivity contribution in [1.29, 1.82) is 0 Å². The Balaban J connectivity index is 0.000000458. The SMILES string of the molecule is COc1cc(N2CCN(C)CC2)ccc1Nc1cc(Nc2ccccc2-c2ncccn2)c(C(F)(F)F)cn1.O=C(O)C(F)(F)F.O=C(O)C(F)(F)F. The topological polar surface area (TPSA) is 153 Å². The molecule has 0 unspecified atom stereocenters.